The lowest BCUT2D eigenvalue weighted by molar-refractivity contribution is -0.121. The number of aromatic carboxylic acids is 1. The fourth-order valence-corrected chi connectivity index (χ4v) is 2.63. The third-order valence-electron chi connectivity index (χ3n) is 3.88. The van der Waals surface area contributed by atoms with Gasteiger partial charge in [0.2, 0.25) is 0 Å². The molecule has 0 atom stereocenters. The number of hydrogen-bond donors (Lipinski definition) is 1. The summed E-state index contributed by atoms with van der Waals surface area (Å²) in [6.07, 6.45) is 0. The molecule has 0 fully saturated rings. The predicted molar refractivity (Wildman–Crippen MR) is 86.5 cm³/mol. The van der Waals surface area contributed by atoms with E-state index in [1.807, 2.05) is 0 Å². The van der Waals surface area contributed by atoms with E-state index >= 15 is 0 Å². The number of hydrogen-bond acceptors (Lipinski definition) is 4. The second-order valence-electron chi connectivity index (χ2n) is 5.47. The van der Waals surface area contributed by atoms with Crippen LogP contribution in [0.25, 0.3) is 0 Å². The molecule has 1 N–H and O–H groups in total. The molecule has 0 saturated heterocycles. The Labute approximate surface area is 138 Å². The van der Waals surface area contributed by atoms with E-state index in [4.69, 9.17) is 4.74 Å². The van der Waals surface area contributed by atoms with Crippen molar-refractivity contribution in [1.82, 2.24) is 0 Å². The van der Waals surface area contributed by atoms with Crippen molar-refractivity contribution in [3.05, 3.63) is 59.2 Å². The number of Topliss-reactive ketones (excluding diaryl/α,β-unsaturated/α-hetero) is 1. The van der Waals surface area contributed by atoms with Crippen LogP contribution in [0.5, 0.6) is 5.75 Å². The van der Waals surface area contributed by atoms with E-state index in [1.165, 1.54) is 17.9 Å². The number of anilines is 1. The molecule has 3 rings (SSSR count). The van der Waals surface area contributed by atoms with Crippen molar-refractivity contribution in [1.29, 1.82) is 0 Å². The number of ether oxygens (including phenoxy) is 1. The van der Waals surface area contributed by atoms with Crippen LogP contribution in [0.3, 0.4) is 0 Å². The number of carbonyl (C=O) groups excluding carboxylic acids is 2. The Kier molecular flexibility index (Phi) is 4.04. The van der Waals surface area contributed by atoms with E-state index in [-0.39, 0.29) is 30.4 Å². The highest BCUT2D eigenvalue weighted by Gasteiger charge is 2.27. The van der Waals surface area contributed by atoms with Gasteiger partial charge in [-0.3, -0.25) is 9.59 Å². The molecule has 2 aromatic carbocycles. The van der Waals surface area contributed by atoms with Crippen LogP contribution >= 0.6 is 0 Å². The van der Waals surface area contributed by atoms with E-state index in [1.54, 1.807) is 36.4 Å². The molecule has 0 spiro atoms. The molecule has 1 heterocycles. The Morgan fingerprint density at radius 3 is 2.67 bits per heavy atom. The van der Waals surface area contributed by atoms with E-state index in [9.17, 15) is 19.5 Å². The van der Waals surface area contributed by atoms with Gasteiger partial charge in [0.15, 0.2) is 12.4 Å². The average Bonchev–Trinajstić information content (AvgIpc) is 2.57. The van der Waals surface area contributed by atoms with Gasteiger partial charge in [-0.15, -0.1) is 0 Å². The minimum absolute atomic E-state index is 0.0963. The Balaban J connectivity index is 2.03. The molecule has 1 aliphatic heterocycles. The molecule has 0 aromatic heterocycles. The number of rotatable bonds is 4. The highest BCUT2D eigenvalue weighted by molar-refractivity contribution is 6.01. The molecule has 2 aromatic rings. The molecule has 6 heteroatoms. The number of fused-ring (bicyclic) bond motifs is 1. The topological polar surface area (TPSA) is 83.9 Å². The zero-order valence-electron chi connectivity index (χ0n) is 13.0. The predicted octanol–water partition coefficient (Wildman–Crippen LogP) is 2.51. The van der Waals surface area contributed by atoms with Gasteiger partial charge in [-0.2, -0.15) is 0 Å². The highest BCUT2D eigenvalue weighted by atomic mass is 16.5. The van der Waals surface area contributed by atoms with Crippen molar-refractivity contribution in [2.45, 2.75) is 13.5 Å². The van der Waals surface area contributed by atoms with Crippen LogP contribution in [-0.2, 0) is 11.3 Å². The number of carboxylic acids is 1. The first-order valence-corrected chi connectivity index (χ1v) is 7.36. The summed E-state index contributed by atoms with van der Waals surface area (Å²) in [7, 11) is 0. The number of amides is 1. The zero-order valence-corrected chi connectivity index (χ0v) is 13.0. The van der Waals surface area contributed by atoms with Gasteiger partial charge in [0, 0.05) is 5.56 Å². The summed E-state index contributed by atoms with van der Waals surface area (Å²) < 4.78 is 5.40. The van der Waals surface area contributed by atoms with Crippen LogP contribution in [0.4, 0.5) is 5.69 Å². The fraction of sp³-hybridized carbons (Fsp3) is 0.167. The van der Waals surface area contributed by atoms with Gasteiger partial charge in [-0.25, -0.2) is 4.79 Å². The molecule has 0 unspecified atom stereocenters. The third kappa shape index (κ3) is 2.86. The Hall–Kier alpha value is -3.15. The van der Waals surface area contributed by atoms with Crippen LogP contribution in [-0.4, -0.2) is 29.4 Å². The largest absolute Gasteiger partial charge is 0.482 e. The van der Waals surface area contributed by atoms with Gasteiger partial charge < -0.3 is 14.7 Å². The standard InChI is InChI=1S/C18H15NO5/c1-11(20)12-6-7-16-15(8-12)19(17(21)10-24-16)9-13-4-2-3-5-14(13)18(22)23/h2-8H,9-10H2,1H3,(H,22,23). The summed E-state index contributed by atoms with van der Waals surface area (Å²) in [6.45, 7) is 1.41. The molecule has 1 amide bonds. The quantitative estimate of drug-likeness (QED) is 0.873. The van der Waals surface area contributed by atoms with Gasteiger partial charge in [0.05, 0.1) is 17.8 Å². The molecule has 0 radical (unpaired) electrons. The van der Waals surface area contributed by atoms with Crippen molar-refractivity contribution < 1.29 is 24.2 Å². The molecule has 1 aliphatic rings. The van der Waals surface area contributed by atoms with Gasteiger partial charge in [-0.05, 0) is 36.8 Å². The van der Waals surface area contributed by atoms with Crippen LogP contribution in [0, 0.1) is 0 Å². The minimum atomic E-state index is -1.05. The maximum atomic E-state index is 12.3. The number of carboxylic acid groups (broad SMARTS) is 1. The van der Waals surface area contributed by atoms with Gasteiger partial charge in [0.1, 0.15) is 5.75 Å². The summed E-state index contributed by atoms with van der Waals surface area (Å²) in [4.78, 5) is 36.7. The normalized spacial score (nSPS) is 13.2. The molecule has 0 bridgehead atoms. The lowest BCUT2D eigenvalue weighted by atomic mass is 10.0. The van der Waals surface area contributed by atoms with Crippen LogP contribution in [0.1, 0.15) is 33.2 Å². The molecule has 24 heavy (non-hydrogen) atoms. The number of carbonyl (C=O) groups is 3. The van der Waals surface area contributed by atoms with Crippen molar-refractivity contribution in [2.75, 3.05) is 11.5 Å². The molecule has 122 valence electrons. The first-order valence-electron chi connectivity index (χ1n) is 7.36. The van der Waals surface area contributed by atoms with Gasteiger partial charge in [0.25, 0.3) is 5.91 Å². The van der Waals surface area contributed by atoms with Crippen molar-refractivity contribution in [2.24, 2.45) is 0 Å². The lowest BCUT2D eigenvalue weighted by Gasteiger charge is -2.30. The first kappa shape index (κ1) is 15.7. The van der Waals surface area contributed by atoms with Crippen molar-refractivity contribution >= 4 is 23.3 Å². The summed E-state index contributed by atoms with van der Waals surface area (Å²) in [5, 5.41) is 9.30. The van der Waals surface area contributed by atoms with Crippen molar-refractivity contribution in [3.8, 4) is 5.75 Å². The molecule has 0 saturated carbocycles. The summed E-state index contributed by atoms with van der Waals surface area (Å²) >= 11 is 0. The zero-order chi connectivity index (χ0) is 17.3. The van der Waals surface area contributed by atoms with Gasteiger partial charge in [-0.1, -0.05) is 18.2 Å². The van der Waals surface area contributed by atoms with Crippen molar-refractivity contribution in [3.63, 3.8) is 0 Å². The van der Waals surface area contributed by atoms with E-state index in [2.05, 4.69) is 0 Å². The van der Waals surface area contributed by atoms with E-state index in [0.717, 1.165) is 0 Å². The SMILES string of the molecule is CC(=O)c1ccc2c(c1)N(Cc1ccccc1C(=O)O)C(=O)CO2. The third-order valence-corrected chi connectivity index (χ3v) is 3.88. The maximum absolute atomic E-state index is 12.3. The summed E-state index contributed by atoms with van der Waals surface area (Å²) in [6, 6.07) is 11.4. The number of benzene rings is 2. The van der Waals surface area contributed by atoms with E-state index < -0.39 is 5.97 Å². The van der Waals surface area contributed by atoms with E-state index in [0.29, 0.717) is 22.6 Å². The molecular weight excluding hydrogens is 310 g/mol. The Morgan fingerprint density at radius 1 is 1.21 bits per heavy atom. The van der Waals surface area contributed by atoms with Crippen LogP contribution in [0.15, 0.2) is 42.5 Å². The second kappa shape index (κ2) is 6.16. The minimum Gasteiger partial charge on any atom is -0.482 e. The molecule has 0 aliphatic carbocycles. The second-order valence-corrected chi connectivity index (χ2v) is 5.47. The number of ketones is 1. The molecular formula is C18H15NO5. The smallest absolute Gasteiger partial charge is 0.336 e. The van der Waals surface area contributed by atoms with Crippen LogP contribution in [0.2, 0.25) is 0 Å². The molecule has 6 nitrogen and oxygen atoms in total. The highest BCUT2D eigenvalue weighted by Crippen LogP contribution is 2.34. The summed E-state index contributed by atoms with van der Waals surface area (Å²) in [5.41, 5.74) is 1.59. The average molecular weight is 325 g/mol. The first-order chi connectivity index (χ1) is 11.5. The number of nitrogens with zero attached hydrogens (tertiary/aromatic N) is 1. The Morgan fingerprint density at radius 2 is 1.96 bits per heavy atom. The Bertz CT molecular complexity index is 843. The lowest BCUT2D eigenvalue weighted by Crippen LogP contribution is -2.38. The monoisotopic (exact) mass is 325 g/mol. The van der Waals surface area contributed by atoms with Gasteiger partial charge >= 0.3 is 5.97 Å². The summed E-state index contributed by atoms with van der Waals surface area (Å²) in [5.74, 6) is -0.971. The fourth-order valence-electron chi connectivity index (χ4n) is 2.63. The maximum Gasteiger partial charge on any atom is 0.336 e. The van der Waals surface area contributed by atoms with Crippen LogP contribution < -0.4 is 9.64 Å².